The Morgan fingerprint density at radius 3 is 2.65 bits per heavy atom. The van der Waals surface area contributed by atoms with Crippen LogP contribution in [0.3, 0.4) is 0 Å². The molecule has 2 N–H and O–H groups in total. The number of amides is 1. The van der Waals surface area contributed by atoms with E-state index in [1.165, 1.54) is 6.20 Å². The Morgan fingerprint density at radius 2 is 2.00 bits per heavy atom. The Kier molecular flexibility index (Phi) is 6.62. The monoisotopic (exact) mass is 352 g/mol. The summed E-state index contributed by atoms with van der Waals surface area (Å²) < 4.78 is 0. The fraction of sp³-hybridized carbons (Fsp3) is 0.312. The van der Waals surface area contributed by atoms with E-state index in [2.05, 4.69) is 27.5 Å². The Balaban J connectivity index is 1.84. The zero-order valence-corrected chi connectivity index (χ0v) is 14.3. The summed E-state index contributed by atoms with van der Waals surface area (Å²) in [6.45, 7) is 3.34. The normalized spacial score (nSPS) is 10.4. The molecule has 0 aliphatic rings. The van der Waals surface area contributed by atoms with Gasteiger partial charge in [0.25, 0.3) is 5.91 Å². The lowest BCUT2D eigenvalue weighted by Gasteiger charge is -2.07. The van der Waals surface area contributed by atoms with E-state index in [9.17, 15) is 4.79 Å². The van der Waals surface area contributed by atoms with E-state index < -0.39 is 0 Å². The summed E-state index contributed by atoms with van der Waals surface area (Å²) in [5.74, 6) is 0.404. The van der Waals surface area contributed by atoms with Crippen LogP contribution in [0.5, 0.6) is 0 Å². The zero-order valence-electron chi connectivity index (χ0n) is 12.8. The van der Waals surface area contributed by atoms with Gasteiger partial charge in [0.15, 0.2) is 0 Å². The van der Waals surface area contributed by atoms with Crippen LogP contribution >= 0.6 is 23.2 Å². The van der Waals surface area contributed by atoms with Crippen LogP contribution in [0.4, 0.5) is 5.82 Å². The molecule has 5 nitrogen and oxygen atoms in total. The summed E-state index contributed by atoms with van der Waals surface area (Å²) in [5, 5.41) is 7.09. The molecule has 0 aliphatic heterocycles. The number of anilines is 1. The van der Waals surface area contributed by atoms with Crippen LogP contribution in [0.15, 0.2) is 30.6 Å². The number of carbonyl (C=O) groups excluding carboxylic acids is 1. The van der Waals surface area contributed by atoms with E-state index in [1.54, 1.807) is 18.3 Å². The number of hydrogen-bond donors (Lipinski definition) is 2. The summed E-state index contributed by atoms with van der Waals surface area (Å²) in [6.07, 6.45) is 4.63. The maximum absolute atomic E-state index is 12.0. The second kappa shape index (κ2) is 8.70. The lowest BCUT2D eigenvalue weighted by atomic mass is 10.1. The minimum Gasteiger partial charge on any atom is -0.369 e. The number of nitrogens with zero attached hydrogens (tertiary/aromatic N) is 2. The van der Waals surface area contributed by atoms with Gasteiger partial charge in [-0.3, -0.25) is 4.79 Å². The SMILES string of the molecule is CCCNc1cnc(C(=O)NCCc2ccc(Cl)cc2Cl)cn1. The molecule has 0 atom stereocenters. The quantitative estimate of drug-likeness (QED) is 0.799. The highest BCUT2D eigenvalue weighted by atomic mass is 35.5. The van der Waals surface area contributed by atoms with Crippen LogP contribution in [0, 0.1) is 0 Å². The van der Waals surface area contributed by atoms with Crippen molar-refractivity contribution in [1.29, 1.82) is 0 Å². The summed E-state index contributed by atoms with van der Waals surface area (Å²) in [6, 6.07) is 5.32. The molecule has 0 bridgehead atoms. The summed E-state index contributed by atoms with van der Waals surface area (Å²) >= 11 is 11.9. The molecule has 1 aromatic carbocycles. The number of halogens is 2. The molecule has 0 spiro atoms. The fourth-order valence-electron chi connectivity index (χ4n) is 1.92. The molecular formula is C16H18Cl2N4O. The van der Waals surface area contributed by atoms with Gasteiger partial charge in [-0.15, -0.1) is 0 Å². The van der Waals surface area contributed by atoms with E-state index >= 15 is 0 Å². The molecule has 1 amide bonds. The van der Waals surface area contributed by atoms with E-state index in [0.29, 0.717) is 28.8 Å². The standard InChI is InChI=1S/C16H18Cl2N4O/c1-2-6-19-15-10-21-14(9-22-15)16(23)20-7-5-11-3-4-12(17)8-13(11)18/h3-4,8-10H,2,5-7H2,1H3,(H,19,22)(H,20,23). The fourth-order valence-corrected chi connectivity index (χ4v) is 2.42. The van der Waals surface area contributed by atoms with Crippen molar-refractivity contribution in [3.8, 4) is 0 Å². The van der Waals surface area contributed by atoms with Gasteiger partial charge in [-0.1, -0.05) is 36.2 Å². The molecule has 0 fully saturated rings. The van der Waals surface area contributed by atoms with Crippen LogP contribution in [0.25, 0.3) is 0 Å². The lowest BCUT2D eigenvalue weighted by Crippen LogP contribution is -2.26. The molecule has 2 aromatic rings. The molecule has 0 saturated heterocycles. The highest BCUT2D eigenvalue weighted by Crippen LogP contribution is 2.21. The van der Waals surface area contributed by atoms with Gasteiger partial charge in [-0.2, -0.15) is 0 Å². The third-order valence-electron chi connectivity index (χ3n) is 3.14. The minimum atomic E-state index is -0.260. The van der Waals surface area contributed by atoms with Crippen LogP contribution in [0.2, 0.25) is 10.0 Å². The van der Waals surface area contributed by atoms with Crippen molar-refractivity contribution in [2.75, 3.05) is 18.4 Å². The van der Waals surface area contributed by atoms with Crippen molar-refractivity contribution in [3.63, 3.8) is 0 Å². The van der Waals surface area contributed by atoms with Gasteiger partial charge >= 0.3 is 0 Å². The summed E-state index contributed by atoms with van der Waals surface area (Å²) in [4.78, 5) is 20.3. The van der Waals surface area contributed by atoms with E-state index in [1.807, 2.05) is 6.07 Å². The Bertz CT molecular complexity index is 662. The van der Waals surface area contributed by atoms with Crippen molar-refractivity contribution in [3.05, 3.63) is 51.9 Å². The molecule has 0 saturated carbocycles. The first kappa shape index (κ1) is 17.5. The van der Waals surface area contributed by atoms with Crippen molar-refractivity contribution >= 4 is 34.9 Å². The second-order valence-electron chi connectivity index (χ2n) is 4.96. The van der Waals surface area contributed by atoms with Crippen molar-refractivity contribution in [2.24, 2.45) is 0 Å². The van der Waals surface area contributed by atoms with Gasteiger partial charge in [0, 0.05) is 23.1 Å². The first-order chi connectivity index (χ1) is 11.1. The Morgan fingerprint density at radius 1 is 1.17 bits per heavy atom. The van der Waals surface area contributed by atoms with E-state index in [-0.39, 0.29) is 11.6 Å². The smallest absolute Gasteiger partial charge is 0.271 e. The van der Waals surface area contributed by atoms with Crippen LogP contribution in [0.1, 0.15) is 29.4 Å². The molecule has 122 valence electrons. The van der Waals surface area contributed by atoms with Gasteiger partial charge in [-0.05, 0) is 30.5 Å². The van der Waals surface area contributed by atoms with Crippen molar-refractivity contribution < 1.29 is 4.79 Å². The topological polar surface area (TPSA) is 66.9 Å². The average Bonchev–Trinajstić information content (AvgIpc) is 2.55. The maximum atomic E-state index is 12.0. The van der Waals surface area contributed by atoms with Crippen molar-refractivity contribution in [2.45, 2.75) is 19.8 Å². The van der Waals surface area contributed by atoms with Crippen LogP contribution in [-0.4, -0.2) is 29.0 Å². The summed E-state index contributed by atoms with van der Waals surface area (Å²) in [7, 11) is 0. The van der Waals surface area contributed by atoms with Gasteiger partial charge < -0.3 is 10.6 Å². The second-order valence-corrected chi connectivity index (χ2v) is 5.80. The number of hydrogen-bond acceptors (Lipinski definition) is 4. The third-order valence-corrected chi connectivity index (χ3v) is 3.72. The number of benzene rings is 1. The van der Waals surface area contributed by atoms with Crippen LogP contribution in [-0.2, 0) is 6.42 Å². The molecule has 0 radical (unpaired) electrons. The molecule has 2 rings (SSSR count). The van der Waals surface area contributed by atoms with Crippen molar-refractivity contribution in [1.82, 2.24) is 15.3 Å². The Hall–Kier alpha value is -1.85. The molecule has 0 aliphatic carbocycles. The van der Waals surface area contributed by atoms with Gasteiger partial charge in [0.1, 0.15) is 11.5 Å². The molecule has 7 heteroatoms. The third kappa shape index (κ3) is 5.37. The Labute approximate surface area is 145 Å². The maximum Gasteiger partial charge on any atom is 0.271 e. The molecule has 23 heavy (non-hydrogen) atoms. The van der Waals surface area contributed by atoms with Gasteiger partial charge in [-0.25, -0.2) is 9.97 Å². The molecule has 0 unspecified atom stereocenters. The first-order valence-electron chi connectivity index (χ1n) is 7.38. The van der Waals surface area contributed by atoms with E-state index in [4.69, 9.17) is 23.2 Å². The minimum absolute atomic E-state index is 0.260. The predicted octanol–water partition coefficient (Wildman–Crippen LogP) is 3.58. The first-order valence-corrected chi connectivity index (χ1v) is 8.13. The molecule has 1 heterocycles. The number of carbonyl (C=O) groups is 1. The number of rotatable bonds is 7. The molecular weight excluding hydrogens is 335 g/mol. The highest BCUT2D eigenvalue weighted by molar-refractivity contribution is 6.35. The van der Waals surface area contributed by atoms with Gasteiger partial charge in [0.2, 0.25) is 0 Å². The zero-order chi connectivity index (χ0) is 16.7. The average molecular weight is 353 g/mol. The van der Waals surface area contributed by atoms with Crippen LogP contribution < -0.4 is 10.6 Å². The van der Waals surface area contributed by atoms with Gasteiger partial charge in [0.05, 0.1) is 12.4 Å². The number of aromatic nitrogens is 2. The molecule has 1 aromatic heterocycles. The largest absolute Gasteiger partial charge is 0.369 e. The van der Waals surface area contributed by atoms with E-state index in [0.717, 1.165) is 18.5 Å². The lowest BCUT2D eigenvalue weighted by molar-refractivity contribution is 0.0949. The highest BCUT2D eigenvalue weighted by Gasteiger charge is 2.08. The number of nitrogens with one attached hydrogen (secondary N) is 2. The predicted molar refractivity (Wildman–Crippen MR) is 93.3 cm³/mol. The summed E-state index contributed by atoms with van der Waals surface area (Å²) in [5.41, 5.74) is 1.22.